The molecule has 2 N–H and O–H groups in total. The SMILES string of the molecule is NCc1ccncc1N1CCOc2ccccc2C1. The molecule has 2 heterocycles. The molecule has 3 rings (SSSR count). The third kappa shape index (κ3) is 2.39. The van der Waals surface area contributed by atoms with Crippen LogP contribution in [0.25, 0.3) is 0 Å². The van der Waals surface area contributed by atoms with E-state index in [1.165, 1.54) is 5.56 Å². The van der Waals surface area contributed by atoms with E-state index in [1.807, 2.05) is 30.5 Å². The lowest BCUT2D eigenvalue weighted by Crippen LogP contribution is -2.26. The molecular weight excluding hydrogens is 238 g/mol. The molecule has 1 aromatic carbocycles. The van der Waals surface area contributed by atoms with Crippen LogP contribution in [0.3, 0.4) is 0 Å². The Morgan fingerprint density at radius 3 is 3.05 bits per heavy atom. The van der Waals surface area contributed by atoms with Crippen molar-refractivity contribution in [2.24, 2.45) is 5.73 Å². The summed E-state index contributed by atoms with van der Waals surface area (Å²) in [4.78, 5) is 6.50. The van der Waals surface area contributed by atoms with Crippen molar-refractivity contribution in [2.75, 3.05) is 18.1 Å². The van der Waals surface area contributed by atoms with Crippen LogP contribution in [-0.4, -0.2) is 18.1 Å². The van der Waals surface area contributed by atoms with Crippen molar-refractivity contribution in [3.8, 4) is 5.75 Å². The Morgan fingerprint density at radius 2 is 2.16 bits per heavy atom. The number of nitrogens with two attached hydrogens (primary N) is 1. The van der Waals surface area contributed by atoms with E-state index in [2.05, 4.69) is 16.0 Å². The van der Waals surface area contributed by atoms with E-state index in [9.17, 15) is 0 Å². The van der Waals surface area contributed by atoms with Gasteiger partial charge in [0, 0.05) is 24.8 Å². The standard InChI is InChI=1S/C15H17N3O/c16-9-12-5-6-17-10-14(12)18-7-8-19-15-4-2-1-3-13(15)11-18/h1-6,10H,7-9,11,16H2. The second-order valence-electron chi connectivity index (χ2n) is 4.59. The summed E-state index contributed by atoms with van der Waals surface area (Å²) >= 11 is 0. The van der Waals surface area contributed by atoms with Crippen LogP contribution < -0.4 is 15.4 Å². The lowest BCUT2D eigenvalue weighted by atomic mass is 10.1. The molecule has 4 nitrogen and oxygen atoms in total. The number of para-hydroxylation sites is 1. The smallest absolute Gasteiger partial charge is 0.124 e. The molecule has 0 bridgehead atoms. The van der Waals surface area contributed by atoms with Crippen molar-refractivity contribution in [3.63, 3.8) is 0 Å². The summed E-state index contributed by atoms with van der Waals surface area (Å²) in [5.41, 5.74) is 9.23. The number of fused-ring (bicyclic) bond motifs is 1. The van der Waals surface area contributed by atoms with Gasteiger partial charge in [0.15, 0.2) is 0 Å². The molecule has 0 aliphatic carbocycles. The lowest BCUT2D eigenvalue weighted by molar-refractivity contribution is 0.331. The summed E-state index contributed by atoms with van der Waals surface area (Å²) in [5, 5.41) is 0. The quantitative estimate of drug-likeness (QED) is 0.891. The summed E-state index contributed by atoms with van der Waals surface area (Å²) < 4.78 is 5.78. The van der Waals surface area contributed by atoms with Crippen LogP contribution in [0.1, 0.15) is 11.1 Å². The monoisotopic (exact) mass is 255 g/mol. The van der Waals surface area contributed by atoms with Gasteiger partial charge in [-0.2, -0.15) is 0 Å². The molecule has 0 unspecified atom stereocenters. The van der Waals surface area contributed by atoms with Gasteiger partial charge in [0.1, 0.15) is 12.4 Å². The van der Waals surface area contributed by atoms with E-state index in [0.717, 1.165) is 30.1 Å². The predicted octanol–water partition coefficient (Wildman–Crippen LogP) is 1.94. The summed E-state index contributed by atoms with van der Waals surface area (Å²) in [6.07, 6.45) is 3.67. The fourth-order valence-electron chi connectivity index (χ4n) is 2.40. The van der Waals surface area contributed by atoms with Crippen molar-refractivity contribution in [3.05, 3.63) is 53.9 Å². The topological polar surface area (TPSA) is 51.4 Å². The average molecular weight is 255 g/mol. The summed E-state index contributed by atoms with van der Waals surface area (Å²) in [6.45, 7) is 2.87. The summed E-state index contributed by atoms with van der Waals surface area (Å²) in [5.74, 6) is 0.975. The molecule has 0 radical (unpaired) electrons. The van der Waals surface area contributed by atoms with E-state index < -0.39 is 0 Å². The number of benzene rings is 1. The van der Waals surface area contributed by atoms with E-state index >= 15 is 0 Å². The maximum Gasteiger partial charge on any atom is 0.124 e. The van der Waals surface area contributed by atoms with Gasteiger partial charge in [-0.15, -0.1) is 0 Å². The zero-order valence-electron chi connectivity index (χ0n) is 10.7. The van der Waals surface area contributed by atoms with Crippen molar-refractivity contribution >= 4 is 5.69 Å². The maximum absolute atomic E-state index is 5.81. The Morgan fingerprint density at radius 1 is 1.26 bits per heavy atom. The number of rotatable bonds is 2. The van der Waals surface area contributed by atoms with Gasteiger partial charge >= 0.3 is 0 Å². The van der Waals surface area contributed by atoms with Gasteiger partial charge in [-0.1, -0.05) is 18.2 Å². The van der Waals surface area contributed by atoms with Crippen LogP contribution in [0.15, 0.2) is 42.7 Å². The van der Waals surface area contributed by atoms with Crippen LogP contribution in [-0.2, 0) is 13.1 Å². The molecule has 1 aliphatic heterocycles. The molecular formula is C15H17N3O. The molecule has 1 aromatic heterocycles. The third-order valence-electron chi connectivity index (χ3n) is 3.40. The van der Waals surface area contributed by atoms with Gasteiger partial charge in [0.25, 0.3) is 0 Å². The van der Waals surface area contributed by atoms with Gasteiger partial charge in [0.2, 0.25) is 0 Å². The molecule has 0 amide bonds. The number of ether oxygens (including phenoxy) is 1. The van der Waals surface area contributed by atoms with Crippen LogP contribution in [0.2, 0.25) is 0 Å². The average Bonchev–Trinajstić information content (AvgIpc) is 2.69. The summed E-state index contributed by atoms with van der Waals surface area (Å²) in [6, 6.07) is 10.1. The van der Waals surface area contributed by atoms with E-state index in [1.54, 1.807) is 6.20 Å². The Labute approximate surface area is 112 Å². The molecule has 0 saturated heterocycles. The fourth-order valence-corrected chi connectivity index (χ4v) is 2.40. The molecule has 0 saturated carbocycles. The highest BCUT2D eigenvalue weighted by atomic mass is 16.5. The van der Waals surface area contributed by atoms with E-state index in [0.29, 0.717) is 13.2 Å². The highest BCUT2D eigenvalue weighted by Crippen LogP contribution is 2.27. The van der Waals surface area contributed by atoms with E-state index in [4.69, 9.17) is 10.5 Å². The number of pyridine rings is 1. The number of hydrogen-bond acceptors (Lipinski definition) is 4. The van der Waals surface area contributed by atoms with Crippen LogP contribution >= 0.6 is 0 Å². The van der Waals surface area contributed by atoms with E-state index in [-0.39, 0.29) is 0 Å². The largest absolute Gasteiger partial charge is 0.491 e. The first-order valence-corrected chi connectivity index (χ1v) is 6.47. The Kier molecular flexibility index (Phi) is 3.33. The van der Waals surface area contributed by atoms with Crippen molar-refractivity contribution < 1.29 is 4.74 Å². The minimum atomic E-state index is 0.525. The predicted molar refractivity (Wildman–Crippen MR) is 75.1 cm³/mol. The zero-order chi connectivity index (χ0) is 13.1. The first-order chi connectivity index (χ1) is 9.38. The van der Waals surface area contributed by atoms with Crippen LogP contribution in [0.4, 0.5) is 5.69 Å². The first-order valence-electron chi connectivity index (χ1n) is 6.47. The number of anilines is 1. The van der Waals surface area contributed by atoms with Crippen LogP contribution in [0.5, 0.6) is 5.75 Å². The Balaban J connectivity index is 1.94. The van der Waals surface area contributed by atoms with Gasteiger partial charge < -0.3 is 15.4 Å². The van der Waals surface area contributed by atoms with Gasteiger partial charge in [-0.05, 0) is 17.7 Å². The van der Waals surface area contributed by atoms with Gasteiger partial charge in [-0.3, -0.25) is 4.98 Å². The Hall–Kier alpha value is -2.07. The first kappa shape index (κ1) is 12.0. The number of hydrogen-bond donors (Lipinski definition) is 1. The second-order valence-corrected chi connectivity index (χ2v) is 4.59. The number of nitrogens with zero attached hydrogens (tertiary/aromatic N) is 2. The lowest BCUT2D eigenvalue weighted by Gasteiger charge is -2.24. The van der Waals surface area contributed by atoms with Crippen molar-refractivity contribution in [1.82, 2.24) is 4.98 Å². The Bertz CT molecular complexity index is 571. The molecule has 98 valence electrons. The van der Waals surface area contributed by atoms with Gasteiger partial charge in [-0.25, -0.2) is 0 Å². The highest BCUT2D eigenvalue weighted by molar-refractivity contribution is 5.53. The molecule has 0 fully saturated rings. The maximum atomic E-state index is 5.81. The highest BCUT2D eigenvalue weighted by Gasteiger charge is 2.17. The number of aromatic nitrogens is 1. The van der Waals surface area contributed by atoms with Crippen molar-refractivity contribution in [1.29, 1.82) is 0 Å². The van der Waals surface area contributed by atoms with Crippen molar-refractivity contribution in [2.45, 2.75) is 13.1 Å². The molecule has 0 spiro atoms. The normalized spacial score (nSPS) is 14.5. The summed E-state index contributed by atoms with van der Waals surface area (Å²) in [7, 11) is 0. The molecule has 2 aromatic rings. The minimum Gasteiger partial charge on any atom is -0.491 e. The molecule has 4 heteroatoms. The molecule has 19 heavy (non-hydrogen) atoms. The van der Waals surface area contributed by atoms with Crippen LogP contribution in [0, 0.1) is 0 Å². The second kappa shape index (κ2) is 5.28. The molecule has 1 aliphatic rings. The zero-order valence-corrected chi connectivity index (χ0v) is 10.7. The molecule has 0 atom stereocenters. The fraction of sp³-hybridized carbons (Fsp3) is 0.267. The van der Waals surface area contributed by atoms with Gasteiger partial charge in [0.05, 0.1) is 18.4 Å². The third-order valence-corrected chi connectivity index (χ3v) is 3.40. The minimum absolute atomic E-state index is 0.525.